The van der Waals surface area contributed by atoms with E-state index in [0.29, 0.717) is 12.5 Å². The van der Waals surface area contributed by atoms with Gasteiger partial charge in [0.2, 0.25) is 5.95 Å². The highest BCUT2D eigenvalue weighted by atomic mass is 16.3. The number of aliphatic hydroxyl groups is 1. The van der Waals surface area contributed by atoms with Crippen LogP contribution in [0.4, 0.5) is 11.8 Å². The lowest BCUT2D eigenvalue weighted by molar-refractivity contribution is 0.311. The average Bonchev–Trinajstić information content (AvgIpc) is 2.36. The maximum absolute atomic E-state index is 8.85. The Morgan fingerprint density at radius 1 is 1.18 bits per heavy atom. The van der Waals surface area contributed by atoms with Crippen molar-refractivity contribution in [1.29, 1.82) is 0 Å². The fourth-order valence-electron chi connectivity index (χ4n) is 1.62. The van der Waals surface area contributed by atoms with Gasteiger partial charge in [0.05, 0.1) is 12.1 Å². The van der Waals surface area contributed by atoms with Crippen LogP contribution < -0.4 is 10.6 Å². The van der Waals surface area contributed by atoms with Gasteiger partial charge in [0.15, 0.2) is 0 Å². The Morgan fingerprint density at radius 3 is 2.76 bits per heavy atom. The summed E-state index contributed by atoms with van der Waals surface area (Å²) in [6.07, 6.45) is 0. The van der Waals surface area contributed by atoms with Crippen molar-refractivity contribution in [2.75, 3.05) is 30.3 Å². The van der Waals surface area contributed by atoms with E-state index in [9.17, 15) is 0 Å². The molecule has 2 aromatic rings. The van der Waals surface area contributed by atoms with E-state index in [-0.39, 0.29) is 6.61 Å². The Labute approximate surface area is 99.9 Å². The van der Waals surface area contributed by atoms with E-state index in [2.05, 4.69) is 20.6 Å². The van der Waals surface area contributed by atoms with Gasteiger partial charge in [-0.25, -0.2) is 4.98 Å². The Hall–Kier alpha value is -1.88. The second-order valence-electron chi connectivity index (χ2n) is 3.59. The van der Waals surface area contributed by atoms with E-state index in [1.54, 1.807) is 0 Å². The summed E-state index contributed by atoms with van der Waals surface area (Å²) in [7, 11) is 0. The molecule has 1 aromatic heterocycles. The summed E-state index contributed by atoms with van der Waals surface area (Å²) in [5.41, 5.74) is 0.888. The number of fused-ring (bicyclic) bond motifs is 1. The number of aliphatic hydroxyl groups excluding tert-OH is 1. The standard InChI is InChI=1S/C12H16N4O/c1-2-13-12-15-10-6-4-3-5-9(10)11(16-12)14-7-8-17/h3-6,17H,2,7-8H2,1H3,(H2,13,14,15,16). The number of nitrogens with one attached hydrogen (secondary N) is 2. The SMILES string of the molecule is CCNc1nc(NCCO)c2ccccc2n1. The van der Waals surface area contributed by atoms with Crippen LogP contribution in [0, 0.1) is 0 Å². The van der Waals surface area contributed by atoms with Crippen molar-refractivity contribution in [2.45, 2.75) is 6.92 Å². The van der Waals surface area contributed by atoms with Crippen LogP contribution in [-0.4, -0.2) is 34.8 Å². The third-order valence-corrected chi connectivity index (χ3v) is 2.34. The van der Waals surface area contributed by atoms with Crippen molar-refractivity contribution in [1.82, 2.24) is 9.97 Å². The molecule has 1 aromatic carbocycles. The summed E-state index contributed by atoms with van der Waals surface area (Å²) in [5, 5.41) is 16.0. The molecule has 0 aliphatic rings. The van der Waals surface area contributed by atoms with Crippen molar-refractivity contribution in [3.05, 3.63) is 24.3 Å². The molecule has 3 N–H and O–H groups in total. The summed E-state index contributed by atoms with van der Waals surface area (Å²) in [5.74, 6) is 1.35. The lowest BCUT2D eigenvalue weighted by Gasteiger charge is -2.10. The van der Waals surface area contributed by atoms with Gasteiger partial charge in [-0.3, -0.25) is 0 Å². The molecular formula is C12H16N4O. The molecule has 2 rings (SSSR count). The fourth-order valence-corrected chi connectivity index (χ4v) is 1.62. The molecule has 0 radical (unpaired) electrons. The third kappa shape index (κ3) is 2.62. The lowest BCUT2D eigenvalue weighted by atomic mass is 10.2. The zero-order valence-electron chi connectivity index (χ0n) is 9.77. The molecular weight excluding hydrogens is 216 g/mol. The van der Waals surface area contributed by atoms with Crippen LogP contribution in [0.1, 0.15) is 6.92 Å². The van der Waals surface area contributed by atoms with Crippen molar-refractivity contribution >= 4 is 22.7 Å². The van der Waals surface area contributed by atoms with Gasteiger partial charge in [-0.1, -0.05) is 12.1 Å². The van der Waals surface area contributed by atoms with Crippen LogP contribution in [0.3, 0.4) is 0 Å². The summed E-state index contributed by atoms with van der Waals surface area (Å²) >= 11 is 0. The predicted octanol–water partition coefficient (Wildman–Crippen LogP) is 1.47. The van der Waals surface area contributed by atoms with Gasteiger partial charge < -0.3 is 15.7 Å². The summed E-state index contributed by atoms with van der Waals surface area (Å²) in [4.78, 5) is 8.79. The number of hydrogen-bond donors (Lipinski definition) is 3. The molecule has 0 atom stereocenters. The first-order valence-electron chi connectivity index (χ1n) is 5.70. The summed E-state index contributed by atoms with van der Waals surface area (Å²) in [6.45, 7) is 3.33. The van der Waals surface area contributed by atoms with E-state index in [1.807, 2.05) is 31.2 Å². The van der Waals surface area contributed by atoms with Gasteiger partial charge in [-0.2, -0.15) is 4.98 Å². The van der Waals surface area contributed by atoms with Crippen LogP contribution in [0.15, 0.2) is 24.3 Å². The maximum atomic E-state index is 8.85. The van der Waals surface area contributed by atoms with Crippen molar-refractivity contribution < 1.29 is 5.11 Å². The Balaban J connectivity index is 2.45. The molecule has 0 aliphatic carbocycles. The number of nitrogens with zero attached hydrogens (tertiary/aromatic N) is 2. The van der Waals surface area contributed by atoms with Crippen LogP contribution in [0.5, 0.6) is 0 Å². The minimum Gasteiger partial charge on any atom is -0.395 e. The fraction of sp³-hybridized carbons (Fsp3) is 0.333. The van der Waals surface area contributed by atoms with Gasteiger partial charge in [-0.15, -0.1) is 0 Å². The first-order valence-corrected chi connectivity index (χ1v) is 5.70. The van der Waals surface area contributed by atoms with Gasteiger partial charge in [-0.05, 0) is 19.1 Å². The smallest absolute Gasteiger partial charge is 0.225 e. The molecule has 1 heterocycles. The predicted molar refractivity (Wildman–Crippen MR) is 69.3 cm³/mol. The molecule has 0 amide bonds. The molecule has 0 bridgehead atoms. The summed E-state index contributed by atoms with van der Waals surface area (Å²) in [6, 6.07) is 7.80. The first kappa shape index (κ1) is 11.6. The van der Waals surface area contributed by atoms with Gasteiger partial charge >= 0.3 is 0 Å². The third-order valence-electron chi connectivity index (χ3n) is 2.34. The largest absolute Gasteiger partial charge is 0.395 e. The monoisotopic (exact) mass is 232 g/mol. The highest BCUT2D eigenvalue weighted by Gasteiger charge is 2.05. The minimum atomic E-state index is 0.0782. The van der Waals surface area contributed by atoms with Crippen LogP contribution in [-0.2, 0) is 0 Å². The zero-order valence-corrected chi connectivity index (χ0v) is 9.77. The number of aromatic nitrogens is 2. The minimum absolute atomic E-state index is 0.0782. The van der Waals surface area contributed by atoms with Crippen LogP contribution >= 0.6 is 0 Å². The molecule has 17 heavy (non-hydrogen) atoms. The molecule has 5 nitrogen and oxygen atoms in total. The van der Waals surface area contributed by atoms with Crippen LogP contribution in [0.25, 0.3) is 10.9 Å². The number of benzene rings is 1. The Morgan fingerprint density at radius 2 is 2.00 bits per heavy atom. The molecule has 5 heteroatoms. The number of hydrogen-bond acceptors (Lipinski definition) is 5. The Bertz CT molecular complexity index is 501. The normalized spacial score (nSPS) is 10.5. The van der Waals surface area contributed by atoms with Crippen molar-refractivity contribution in [3.63, 3.8) is 0 Å². The average molecular weight is 232 g/mol. The second kappa shape index (κ2) is 5.45. The lowest BCUT2D eigenvalue weighted by Crippen LogP contribution is -2.10. The quantitative estimate of drug-likeness (QED) is 0.728. The highest BCUT2D eigenvalue weighted by Crippen LogP contribution is 2.21. The molecule has 0 aliphatic heterocycles. The van der Waals surface area contributed by atoms with E-state index in [0.717, 1.165) is 23.3 Å². The number of rotatable bonds is 5. The van der Waals surface area contributed by atoms with Gasteiger partial charge in [0.1, 0.15) is 5.82 Å². The van der Waals surface area contributed by atoms with E-state index >= 15 is 0 Å². The molecule has 0 unspecified atom stereocenters. The molecule has 0 fully saturated rings. The zero-order chi connectivity index (χ0) is 12.1. The van der Waals surface area contributed by atoms with E-state index in [4.69, 9.17) is 5.11 Å². The van der Waals surface area contributed by atoms with Gasteiger partial charge in [0, 0.05) is 18.5 Å². The topological polar surface area (TPSA) is 70.1 Å². The molecule has 0 saturated carbocycles. The van der Waals surface area contributed by atoms with Crippen molar-refractivity contribution in [3.8, 4) is 0 Å². The maximum Gasteiger partial charge on any atom is 0.225 e. The van der Waals surface area contributed by atoms with Gasteiger partial charge in [0.25, 0.3) is 0 Å². The highest BCUT2D eigenvalue weighted by molar-refractivity contribution is 5.89. The first-order chi connectivity index (χ1) is 8.35. The number of para-hydroxylation sites is 1. The summed E-state index contributed by atoms with van der Waals surface area (Å²) < 4.78 is 0. The molecule has 90 valence electrons. The molecule has 0 saturated heterocycles. The van der Waals surface area contributed by atoms with Crippen molar-refractivity contribution in [2.24, 2.45) is 0 Å². The van der Waals surface area contributed by atoms with Crippen LogP contribution in [0.2, 0.25) is 0 Å². The van der Waals surface area contributed by atoms with E-state index < -0.39 is 0 Å². The number of anilines is 2. The molecule has 0 spiro atoms. The van der Waals surface area contributed by atoms with E-state index in [1.165, 1.54) is 0 Å². The second-order valence-corrected chi connectivity index (χ2v) is 3.59. The Kier molecular flexibility index (Phi) is 3.72.